The highest BCUT2D eigenvalue weighted by molar-refractivity contribution is 7.53. The summed E-state index contributed by atoms with van der Waals surface area (Å²) in [6.07, 6.45) is 22.2. The van der Waals surface area contributed by atoms with Crippen molar-refractivity contribution in [1.82, 2.24) is 5.32 Å². The van der Waals surface area contributed by atoms with Crippen LogP contribution in [0.15, 0.2) is 30.3 Å². The summed E-state index contributed by atoms with van der Waals surface area (Å²) in [6, 6.07) is 8.93. The monoisotopic (exact) mass is 539 g/mol. The molecule has 0 aliphatic heterocycles. The summed E-state index contributed by atoms with van der Waals surface area (Å²) in [7, 11) is -4.28. The van der Waals surface area contributed by atoms with Crippen LogP contribution in [0.3, 0.4) is 0 Å². The van der Waals surface area contributed by atoms with E-state index in [1.54, 1.807) is 24.3 Å². The lowest BCUT2D eigenvalue weighted by atomic mass is 10.0. The molecular formula is C30H54NO5P. The number of carboxylic acids is 1. The predicted molar refractivity (Wildman–Crippen MR) is 154 cm³/mol. The molecule has 0 fully saturated rings. The Kier molecular flexibility index (Phi) is 18.1. The molecule has 3 N–H and O–H groups in total. The Morgan fingerprint density at radius 3 is 1.62 bits per heavy atom. The van der Waals surface area contributed by atoms with Gasteiger partial charge in [0.25, 0.3) is 0 Å². The first-order valence-corrected chi connectivity index (χ1v) is 16.4. The second-order valence-electron chi connectivity index (χ2n) is 10.9. The summed E-state index contributed by atoms with van der Waals surface area (Å²) in [5.41, 5.74) is -1.14. The number of aliphatic carboxylic acids is 1. The molecule has 1 aromatic carbocycles. The van der Waals surface area contributed by atoms with Crippen molar-refractivity contribution in [2.75, 3.05) is 6.54 Å². The molecule has 0 amide bonds. The fourth-order valence-electron chi connectivity index (χ4n) is 4.56. The van der Waals surface area contributed by atoms with Crippen molar-refractivity contribution in [1.29, 1.82) is 0 Å². The minimum absolute atomic E-state index is 0.569. The standard InChI is InChI=1S/C30H54NO5P/c1-4-5-6-7-8-9-10-11-12-13-14-15-16-17-18-19-23-26-31-28(27-24-21-20-22-25-27)37(34,35)36-30(2,3)29(32)33/h20-22,24-25,28,31H,4-19,23,26H2,1-3H3,(H,32,33)(H,34,35). The Hall–Kier alpha value is -1.20. The maximum absolute atomic E-state index is 13.1. The van der Waals surface area contributed by atoms with E-state index in [1.165, 1.54) is 104 Å². The van der Waals surface area contributed by atoms with Gasteiger partial charge in [0, 0.05) is 0 Å². The minimum atomic E-state index is -4.28. The summed E-state index contributed by atoms with van der Waals surface area (Å²) in [5, 5.41) is 12.5. The molecule has 1 rings (SSSR count). The maximum Gasteiger partial charge on any atom is 0.350 e. The zero-order valence-electron chi connectivity index (χ0n) is 23.8. The molecule has 37 heavy (non-hydrogen) atoms. The SMILES string of the molecule is CCCCCCCCCCCCCCCCCCCNC(c1ccccc1)P(=O)(O)OC(C)(C)C(=O)O. The molecule has 0 saturated heterocycles. The van der Waals surface area contributed by atoms with E-state index in [4.69, 9.17) is 4.52 Å². The highest BCUT2D eigenvalue weighted by Gasteiger charge is 2.42. The fourth-order valence-corrected chi connectivity index (χ4v) is 6.31. The van der Waals surface area contributed by atoms with Crippen LogP contribution < -0.4 is 5.32 Å². The van der Waals surface area contributed by atoms with Gasteiger partial charge >= 0.3 is 13.6 Å². The average molecular weight is 540 g/mol. The Balaban J connectivity index is 2.17. The van der Waals surface area contributed by atoms with E-state index in [1.807, 2.05) is 6.07 Å². The number of hydrogen-bond acceptors (Lipinski definition) is 4. The van der Waals surface area contributed by atoms with Crippen molar-refractivity contribution in [3.8, 4) is 0 Å². The molecule has 0 bridgehead atoms. The van der Waals surface area contributed by atoms with Gasteiger partial charge in [0.2, 0.25) is 0 Å². The molecule has 7 heteroatoms. The van der Waals surface area contributed by atoms with Gasteiger partial charge in [-0.3, -0.25) is 14.4 Å². The normalized spacial score (nSPS) is 14.4. The molecule has 2 atom stereocenters. The third-order valence-electron chi connectivity index (χ3n) is 6.93. The van der Waals surface area contributed by atoms with Crippen LogP contribution in [0.5, 0.6) is 0 Å². The molecule has 214 valence electrons. The Labute approximate surface area is 226 Å². The number of rotatable bonds is 24. The summed E-state index contributed by atoms with van der Waals surface area (Å²) in [5.74, 6) is -2.24. The number of carbonyl (C=O) groups is 1. The van der Waals surface area contributed by atoms with E-state index < -0.39 is 24.9 Å². The Bertz CT molecular complexity index is 756. The van der Waals surface area contributed by atoms with Crippen LogP contribution in [-0.2, 0) is 13.9 Å². The molecule has 0 aromatic heterocycles. The van der Waals surface area contributed by atoms with Crippen LogP contribution in [0.4, 0.5) is 0 Å². The van der Waals surface area contributed by atoms with Gasteiger partial charge in [-0.25, -0.2) is 4.79 Å². The molecule has 2 unspecified atom stereocenters. The predicted octanol–water partition coefficient (Wildman–Crippen LogP) is 8.99. The highest BCUT2D eigenvalue weighted by Crippen LogP contribution is 2.57. The van der Waals surface area contributed by atoms with E-state index in [9.17, 15) is 19.4 Å². The van der Waals surface area contributed by atoms with Crippen LogP contribution in [-0.4, -0.2) is 28.1 Å². The number of unbranched alkanes of at least 4 members (excludes halogenated alkanes) is 16. The smallest absolute Gasteiger partial charge is 0.350 e. The van der Waals surface area contributed by atoms with Crippen LogP contribution in [0.2, 0.25) is 0 Å². The van der Waals surface area contributed by atoms with E-state index in [-0.39, 0.29) is 0 Å². The summed E-state index contributed by atoms with van der Waals surface area (Å²) < 4.78 is 18.3. The maximum atomic E-state index is 13.1. The second kappa shape index (κ2) is 19.8. The minimum Gasteiger partial charge on any atom is -0.479 e. The summed E-state index contributed by atoms with van der Waals surface area (Å²) in [4.78, 5) is 22.1. The zero-order valence-corrected chi connectivity index (χ0v) is 24.7. The van der Waals surface area contributed by atoms with E-state index in [0.29, 0.717) is 12.1 Å². The molecule has 0 heterocycles. The highest BCUT2D eigenvalue weighted by atomic mass is 31.2. The van der Waals surface area contributed by atoms with Crippen molar-refractivity contribution in [3.05, 3.63) is 35.9 Å². The molecule has 0 spiro atoms. The number of hydrogen-bond donors (Lipinski definition) is 3. The van der Waals surface area contributed by atoms with Crippen molar-refractivity contribution >= 4 is 13.6 Å². The molecule has 1 aromatic rings. The molecular weight excluding hydrogens is 485 g/mol. The first-order chi connectivity index (χ1) is 17.7. The molecule has 0 aliphatic carbocycles. The van der Waals surface area contributed by atoms with Crippen molar-refractivity contribution in [2.24, 2.45) is 0 Å². The third-order valence-corrected chi connectivity index (χ3v) is 8.78. The topological polar surface area (TPSA) is 95.9 Å². The van der Waals surface area contributed by atoms with Crippen LogP contribution in [0.1, 0.15) is 141 Å². The van der Waals surface area contributed by atoms with Gasteiger partial charge in [0.1, 0.15) is 5.78 Å². The van der Waals surface area contributed by atoms with Gasteiger partial charge in [-0.05, 0) is 32.4 Å². The van der Waals surface area contributed by atoms with Gasteiger partial charge in [0.15, 0.2) is 5.60 Å². The quantitative estimate of drug-likeness (QED) is 0.0896. The van der Waals surface area contributed by atoms with Gasteiger partial charge in [0.05, 0.1) is 0 Å². The van der Waals surface area contributed by atoms with Crippen molar-refractivity contribution < 1.29 is 23.9 Å². The van der Waals surface area contributed by atoms with E-state index in [2.05, 4.69) is 12.2 Å². The summed E-state index contributed by atoms with van der Waals surface area (Å²) in [6.45, 7) is 5.41. The zero-order chi connectivity index (χ0) is 27.4. The Morgan fingerprint density at radius 2 is 1.22 bits per heavy atom. The number of nitrogens with one attached hydrogen (secondary N) is 1. The largest absolute Gasteiger partial charge is 0.479 e. The molecule has 0 saturated carbocycles. The molecule has 0 aliphatic rings. The average Bonchev–Trinajstić information content (AvgIpc) is 2.85. The fraction of sp³-hybridized carbons (Fsp3) is 0.767. The van der Waals surface area contributed by atoms with Gasteiger partial charge in [-0.15, -0.1) is 0 Å². The van der Waals surface area contributed by atoms with E-state index >= 15 is 0 Å². The second-order valence-corrected chi connectivity index (χ2v) is 12.7. The summed E-state index contributed by atoms with van der Waals surface area (Å²) >= 11 is 0. The van der Waals surface area contributed by atoms with Crippen LogP contribution in [0.25, 0.3) is 0 Å². The lowest BCUT2D eigenvalue weighted by Gasteiger charge is -2.29. The Morgan fingerprint density at radius 1 is 0.811 bits per heavy atom. The van der Waals surface area contributed by atoms with Crippen molar-refractivity contribution in [3.63, 3.8) is 0 Å². The van der Waals surface area contributed by atoms with E-state index in [0.717, 1.165) is 19.3 Å². The first-order valence-electron chi connectivity index (χ1n) is 14.8. The van der Waals surface area contributed by atoms with Gasteiger partial charge < -0.3 is 10.00 Å². The lowest BCUT2D eigenvalue weighted by Crippen LogP contribution is -2.35. The van der Waals surface area contributed by atoms with Crippen molar-refractivity contribution in [2.45, 2.75) is 141 Å². The number of benzene rings is 1. The molecule has 6 nitrogen and oxygen atoms in total. The van der Waals surface area contributed by atoms with Gasteiger partial charge in [-0.1, -0.05) is 140 Å². The molecule has 0 radical (unpaired) electrons. The lowest BCUT2D eigenvalue weighted by molar-refractivity contribution is -0.152. The van der Waals surface area contributed by atoms with Crippen LogP contribution >= 0.6 is 7.60 Å². The van der Waals surface area contributed by atoms with Crippen LogP contribution in [0, 0.1) is 0 Å². The number of carboxylic acid groups (broad SMARTS) is 1. The van der Waals surface area contributed by atoms with Gasteiger partial charge in [-0.2, -0.15) is 0 Å². The first kappa shape index (κ1) is 33.8. The third kappa shape index (κ3) is 15.7.